The van der Waals surface area contributed by atoms with Gasteiger partial charge in [0.05, 0.1) is 14.2 Å². The number of benzene rings is 1. The van der Waals surface area contributed by atoms with Crippen LogP contribution in [0.3, 0.4) is 0 Å². The Labute approximate surface area is 107 Å². The topological polar surface area (TPSA) is 44.8 Å². The summed E-state index contributed by atoms with van der Waals surface area (Å²) >= 11 is 0. The molecular weight excluding hydrogens is 232 g/mol. The van der Waals surface area contributed by atoms with Crippen LogP contribution in [0.1, 0.15) is 30.1 Å². The first-order chi connectivity index (χ1) is 8.59. The second-order valence-corrected chi connectivity index (χ2v) is 4.61. The molecule has 0 bridgehead atoms. The number of rotatable bonds is 4. The summed E-state index contributed by atoms with van der Waals surface area (Å²) in [5, 5.41) is 0. The predicted molar refractivity (Wildman–Crippen MR) is 67.5 cm³/mol. The minimum absolute atomic E-state index is 0.0165. The zero-order valence-electron chi connectivity index (χ0n) is 11.0. The Morgan fingerprint density at radius 3 is 2.28 bits per heavy atom. The van der Waals surface area contributed by atoms with Crippen LogP contribution < -0.4 is 9.47 Å². The maximum atomic E-state index is 12.5. The van der Waals surface area contributed by atoms with Crippen molar-refractivity contribution in [1.29, 1.82) is 0 Å². The SMILES string of the molecule is COc1cc(OC)cc(C(=O)C2(C)CCCO2)c1. The second kappa shape index (κ2) is 4.98. The minimum atomic E-state index is -0.711. The van der Waals surface area contributed by atoms with E-state index in [0.717, 1.165) is 12.8 Å². The van der Waals surface area contributed by atoms with E-state index in [9.17, 15) is 4.79 Å². The number of carbonyl (C=O) groups is 1. The molecule has 0 spiro atoms. The van der Waals surface area contributed by atoms with Crippen molar-refractivity contribution in [2.24, 2.45) is 0 Å². The Balaban J connectivity index is 2.34. The monoisotopic (exact) mass is 250 g/mol. The van der Waals surface area contributed by atoms with Crippen LogP contribution in [-0.4, -0.2) is 32.2 Å². The van der Waals surface area contributed by atoms with E-state index >= 15 is 0 Å². The van der Waals surface area contributed by atoms with Gasteiger partial charge in [-0.3, -0.25) is 4.79 Å². The van der Waals surface area contributed by atoms with Crippen LogP contribution in [0.4, 0.5) is 0 Å². The summed E-state index contributed by atoms with van der Waals surface area (Å²) in [5.74, 6) is 1.20. The normalized spacial score (nSPS) is 22.8. The number of hydrogen-bond acceptors (Lipinski definition) is 4. The van der Waals surface area contributed by atoms with Crippen LogP contribution in [0.5, 0.6) is 11.5 Å². The molecule has 1 aromatic rings. The third-order valence-electron chi connectivity index (χ3n) is 3.31. The first-order valence-electron chi connectivity index (χ1n) is 6.01. The number of hydrogen-bond donors (Lipinski definition) is 0. The van der Waals surface area contributed by atoms with Gasteiger partial charge < -0.3 is 14.2 Å². The molecule has 1 saturated heterocycles. The molecule has 0 radical (unpaired) electrons. The van der Waals surface area contributed by atoms with Crippen molar-refractivity contribution in [3.63, 3.8) is 0 Å². The van der Waals surface area contributed by atoms with Gasteiger partial charge in [-0.2, -0.15) is 0 Å². The Hall–Kier alpha value is -1.55. The van der Waals surface area contributed by atoms with Crippen molar-refractivity contribution in [3.05, 3.63) is 23.8 Å². The van der Waals surface area contributed by atoms with Gasteiger partial charge in [0, 0.05) is 18.2 Å². The van der Waals surface area contributed by atoms with Gasteiger partial charge in [-0.15, -0.1) is 0 Å². The lowest BCUT2D eigenvalue weighted by Gasteiger charge is -2.21. The average Bonchev–Trinajstić information content (AvgIpc) is 2.85. The number of Topliss-reactive ketones (excluding diaryl/α,β-unsaturated/α-hetero) is 1. The number of methoxy groups -OCH3 is 2. The van der Waals surface area contributed by atoms with Gasteiger partial charge in [0.1, 0.15) is 17.1 Å². The van der Waals surface area contributed by atoms with E-state index in [1.807, 2.05) is 6.92 Å². The summed E-state index contributed by atoms with van der Waals surface area (Å²) in [6.45, 7) is 2.48. The summed E-state index contributed by atoms with van der Waals surface area (Å²) in [7, 11) is 3.13. The van der Waals surface area contributed by atoms with Crippen LogP contribution in [0.25, 0.3) is 0 Å². The van der Waals surface area contributed by atoms with Crippen molar-refractivity contribution in [1.82, 2.24) is 0 Å². The molecule has 0 aliphatic carbocycles. The van der Waals surface area contributed by atoms with E-state index in [-0.39, 0.29) is 5.78 Å². The maximum absolute atomic E-state index is 12.5. The van der Waals surface area contributed by atoms with E-state index < -0.39 is 5.60 Å². The number of ketones is 1. The smallest absolute Gasteiger partial charge is 0.194 e. The fourth-order valence-electron chi connectivity index (χ4n) is 2.20. The molecule has 18 heavy (non-hydrogen) atoms. The molecule has 1 aliphatic heterocycles. The lowest BCUT2D eigenvalue weighted by Crippen LogP contribution is -2.34. The Morgan fingerprint density at radius 1 is 1.22 bits per heavy atom. The first kappa shape index (κ1) is 12.9. The highest BCUT2D eigenvalue weighted by atomic mass is 16.5. The summed E-state index contributed by atoms with van der Waals surface area (Å²) in [5.41, 5.74) is -0.146. The number of carbonyl (C=O) groups excluding carboxylic acids is 1. The van der Waals surface area contributed by atoms with Crippen LogP contribution in [0, 0.1) is 0 Å². The third-order valence-corrected chi connectivity index (χ3v) is 3.31. The van der Waals surface area contributed by atoms with Gasteiger partial charge in [-0.05, 0) is 31.9 Å². The summed E-state index contributed by atoms with van der Waals surface area (Å²) in [6, 6.07) is 5.18. The molecule has 4 nitrogen and oxygen atoms in total. The molecule has 1 aliphatic rings. The zero-order valence-corrected chi connectivity index (χ0v) is 11.0. The van der Waals surface area contributed by atoms with Crippen molar-refractivity contribution in [2.75, 3.05) is 20.8 Å². The van der Waals surface area contributed by atoms with Gasteiger partial charge in [0.2, 0.25) is 0 Å². The lowest BCUT2D eigenvalue weighted by atomic mass is 9.92. The molecule has 1 aromatic carbocycles. The van der Waals surface area contributed by atoms with Gasteiger partial charge in [-0.25, -0.2) is 0 Å². The zero-order chi connectivity index (χ0) is 13.2. The van der Waals surface area contributed by atoms with E-state index in [4.69, 9.17) is 14.2 Å². The highest BCUT2D eigenvalue weighted by Gasteiger charge is 2.38. The summed E-state index contributed by atoms with van der Waals surface area (Å²) in [4.78, 5) is 12.5. The van der Waals surface area contributed by atoms with Crippen LogP contribution >= 0.6 is 0 Å². The highest BCUT2D eigenvalue weighted by Crippen LogP contribution is 2.31. The minimum Gasteiger partial charge on any atom is -0.497 e. The molecule has 1 heterocycles. The molecule has 0 aromatic heterocycles. The summed E-state index contributed by atoms with van der Waals surface area (Å²) < 4.78 is 15.9. The van der Waals surface area contributed by atoms with Crippen LogP contribution in [0.2, 0.25) is 0 Å². The fourth-order valence-corrected chi connectivity index (χ4v) is 2.20. The summed E-state index contributed by atoms with van der Waals surface area (Å²) in [6.07, 6.45) is 1.68. The van der Waals surface area contributed by atoms with E-state index in [2.05, 4.69) is 0 Å². The Morgan fingerprint density at radius 2 is 1.83 bits per heavy atom. The predicted octanol–water partition coefficient (Wildman–Crippen LogP) is 2.46. The standard InChI is InChI=1S/C14H18O4/c1-14(5-4-6-18-14)13(15)10-7-11(16-2)9-12(8-10)17-3/h7-9H,4-6H2,1-3H3. The largest absolute Gasteiger partial charge is 0.497 e. The van der Waals surface area contributed by atoms with E-state index in [1.54, 1.807) is 32.4 Å². The fraction of sp³-hybridized carbons (Fsp3) is 0.500. The molecule has 1 unspecified atom stereocenters. The molecule has 0 saturated carbocycles. The van der Waals surface area contributed by atoms with Crippen LogP contribution in [-0.2, 0) is 4.74 Å². The van der Waals surface area contributed by atoms with E-state index in [0.29, 0.717) is 23.7 Å². The Kier molecular flexibility index (Phi) is 3.57. The van der Waals surface area contributed by atoms with Gasteiger partial charge in [0.15, 0.2) is 5.78 Å². The molecule has 2 rings (SSSR count). The van der Waals surface area contributed by atoms with Crippen molar-refractivity contribution >= 4 is 5.78 Å². The van der Waals surface area contributed by atoms with Crippen molar-refractivity contribution in [2.45, 2.75) is 25.4 Å². The van der Waals surface area contributed by atoms with Gasteiger partial charge in [-0.1, -0.05) is 0 Å². The molecule has 0 amide bonds. The quantitative estimate of drug-likeness (QED) is 0.770. The molecule has 0 N–H and O–H groups in total. The lowest BCUT2D eigenvalue weighted by molar-refractivity contribution is 0.0213. The molecule has 1 fully saturated rings. The molecular formula is C14H18O4. The van der Waals surface area contributed by atoms with Gasteiger partial charge in [0.25, 0.3) is 0 Å². The van der Waals surface area contributed by atoms with E-state index in [1.165, 1.54) is 0 Å². The molecule has 4 heteroatoms. The number of ether oxygens (including phenoxy) is 3. The second-order valence-electron chi connectivity index (χ2n) is 4.61. The Bertz CT molecular complexity index is 425. The maximum Gasteiger partial charge on any atom is 0.194 e. The third kappa shape index (κ3) is 2.34. The van der Waals surface area contributed by atoms with Gasteiger partial charge >= 0.3 is 0 Å². The van der Waals surface area contributed by atoms with Crippen LogP contribution in [0.15, 0.2) is 18.2 Å². The van der Waals surface area contributed by atoms with Crippen molar-refractivity contribution in [3.8, 4) is 11.5 Å². The highest BCUT2D eigenvalue weighted by molar-refractivity contribution is 6.03. The molecule has 98 valence electrons. The van der Waals surface area contributed by atoms with Crippen molar-refractivity contribution < 1.29 is 19.0 Å². The average molecular weight is 250 g/mol. The molecule has 1 atom stereocenters. The first-order valence-corrected chi connectivity index (χ1v) is 6.01.